The molecule has 4 heteroatoms. The molecule has 4 nitrogen and oxygen atoms in total. The molecule has 1 aromatic rings. The van der Waals surface area contributed by atoms with E-state index < -0.39 is 0 Å². The molecule has 3 atom stereocenters. The molecule has 1 aliphatic carbocycles. The minimum atomic E-state index is 0.228. The van der Waals surface area contributed by atoms with E-state index in [4.69, 9.17) is 10.5 Å². The van der Waals surface area contributed by atoms with Gasteiger partial charge in [0.05, 0.1) is 19.0 Å². The number of rotatable bonds is 5. The van der Waals surface area contributed by atoms with Crippen LogP contribution in [0, 0.1) is 11.8 Å². The maximum atomic E-state index is 6.42. The largest absolute Gasteiger partial charge is 0.493 e. The van der Waals surface area contributed by atoms with Crippen molar-refractivity contribution >= 4 is 0 Å². The Morgan fingerprint density at radius 2 is 2.20 bits per heavy atom. The molecular weight excluding hydrogens is 250 g/mol. The van der Waals surface area contributed by atoms with Gasteiger partial charge < -0.3 is 10.5 Å². The van der Waals surface area contributed by atoms with Gasteiger partial charge in [-0.15, -0.1) is 0 Å². The Kier molecular flexibility index (Phi) is 5.08. The first-order valence-corrected chi connectivity index (χ1v) is 7.93. The maximum Gasteiger partial charge on any atom is 0.160 e. The summed E-state index contributed by atoms with van der Waals surface area (Å²) in [5.41, 5.74) is 7.64. The van der Waals surface area contributed by atoms with E-state index in [2.05, 4.69) is 30.6 Å². The lowest BCUT2D eigenvalue weighted by Crippen LogP contribution is -2.37. The van der Waals surface area contributed by atoms with Gasteiger partial charge in [-0.25, -0.2) is 0 Å². The van der Waals surface area contributed by atoms with Crippen LogP contribution in [0.15, 0.2) is 6.20 Å². The summed E-state index contributed by atoms with van der Waals surface area (Å²) in [5.74, 6) is 2.76. The predicted molar refractivity (Wildman–Crippen MR) is 82.0 cm³/mol. The van der Waals surface area contributed by atoms with Crippen LogP contribution >= 0.6 is 0 Å². The fraction of sp³-hybridized carbons (Fsp3) is 0.812. The summed E-state index contributed by atoms with van der Waals surface area (Å²) in [6, 6.07) is 0.228. The van der Waals surface area contributed by atoms with Crippen molar-refractivity contribution in [3.63, 3.8) is 0 Å². The van der Waals surface area contributed by atoms with Gasteiger partial charge in [-0.05, 0) is 37.5 Å². The van der Waals surface area contributed by atoms with Crippen LogP contribution < -0.4 is 10.5 Å². The maximum absolute atomic E-state index is 6.42. The summed E-state index contributed by atoms with van der Waals surface area (Å²) in [5, 5.41) is 4.49. The van der Waals surface area contributed by atoms with Crippen molar-refractivity contribution < 1.29 is 4.74 Å². The molecule has 2 rings (SSSR count). The van der Waals surface area contributed by atoms with Crippen LogP contribution in [0.3, 0.4) is 0 Å². The minimum absolute atomic E-state index is 0.228. The van der Waals surface area contributed by atoms with Crippen LogP contribution in [-0.2, 0) is 6.54 Å². The fourth-order valence-electron chi connectivity index (χ4n) is 3.45. The van der Waals surface area contributed by atoms with Gasteiger partial charge in [-0.3, -0.25) is 4.68 Å². The van der Waals surface area contributed by atoms with Crippen LogP contribution in [0.4, 0.5) is 0 Å². The summed E-state index contributed by atoms with van der Waals surface area (Å²) in [6.45, 7) is 7.75. The van der Waals surface area contributed by atoms with E-state index in [1.54, 1.807) is 7.11 Å². The van der Waals surface area contributed by atoms with Gasteiger partial charge in [0, 0.05) is 18.5 Å². The molecule has 1 fully saturated rings. The van der Waals surface area contributed by atoms with Crippen molar-refractivity contribution in [1.82, 2.24) is 9.78 Å². The van der Waals surface area contributed by atoms with Crippen LogP contribution in [0.25, 0.3) is 0 Å². The molecule has 3 unspecified atom stereocenters. The highest BCUT2D eigenvalue weighted by molar-refractivity contribution is 5.30. The first-order valence-electron chi connectivity index (χ1n) is 7.93. The molecule has 0 radical (unpaired) electrons. The van der Waals surface area contributed by atoms with Gasteiger partial charge in [0.15, 0.2) is 5.75 Å². The van der Waals surface area contributed by atoms with Crippen molar-refractivity contribution in [2.75, 3.05) is 7.11 Å². The van der Waals surface area contributed by atoms with E-state index in [9.17, 15) is 0 Å². The molecule has 0 aromatic carbocycles. The second-order valence-electron chi connectivity index (χ2n) is 6.41. The summed E-state index contributed by atoms with van der Waals surface area (Å²) in [6.07, 6.45) is 6.43. The molecule has 1 heterocycles. The molecule has 0 bridgehead atoms. The normalized spacial score (nSPS) is 27.0. The number of ether oxygens (including phenoxy) is 1. The molecule has 0 spiro atoms. The molecule has 0 saturated heterocycles. The Bertz CT molecular complexity index is 427. The molecule has 1 aliphatic rings. The zero-order valence-electron chi connectivity index (χ0n) is 13.3. The topological polar surface area (TPSA) is 53.1 Å². The lowest BCUT2D eigenvalue weighted by atomic mass is 9.72. The number of hydrogen-bond donors (Lipinski definition) is 1. The Morgan fingerprint density at radius 3 is 2.80 bits per heavy atom. The number of aromatic nitrogens is 2. The molecule has 0 aliphatic heterocycles. The van der Waals surface area contributed by atoms with Gasteiger partial charge >= 0.3 is 0 Å². The smallest absolute Gasteiger partial charge is 0.160 e. The molecule has 20 heavy (non-hydrogen) atoms. The lowest BCUT2D eigenvalue weighted by Gasteiger charge is -2.36. The third kappa shape index (κ3) is 3.00. The SMILES string of the molecule is CCCn1ncc(OC)c1C1CC(C(C)C)CCC1N. The predicted octanol–water partition coefficient (Wildman–Crippen LogP) is 3.17. The van der Waals surface area contributed by atoms with Gasteiger partial charge in [0.1, 0.15) is 0 Å². The Morgan fingerprint density at radius 1 is 1.45 bits per heavy atom. The second-order valence-corrected chi connectivity index (χ2v) is 6.41. The van der Waals surface area contributed by atoms with Crippen LogP contribution in [0.1, 0.15) is 58.1 Å². The quantitative estimate of drug-likeness (QED) is 0.900. The Balaban J connectivity index is 2.29. The Hall–Kier alpha value is -1.03. The Labute approximate surface area is 122 Å². The van der Waals surface area contributed by atoms with Crippen molar-refractivity contribution in [1.29, 1.82) is 0 Å². The minimum Gasteiger partial charge on any atom is -0.493 e. The molecule has 1 saturated carbocycles. The molecule has 2 N–H and O–H groups in total. The standard InChI is InChI=1S/C16H29N3O/c1-5-8-19-16(15(20-4)10-18-19)13-9-12(11(2)3)6-7-14(13)17/h10-14H,5-9,17H2,1-4H3. The second kappa shape index (κ2) is 6.61. The summed E-state index contributed by atoms with van der Waals surface area (Å²) in [4.78, 5) is 0. The van der Waals surface area contributed by atoms with Gasteiger partial charge in [-0.1, -0.05) is 20.8 Å². The van der Waals surface area contributed by atoms with Gasteiger partial charge in [-0.2, -0.15) is 5.10 Å². The first kappa shape index (κ1) is 15.4. The molecule has 1 aromatic heterocycles. The van der Waals surface area contributed by atoms with E-state index in [1.165, 1.54) is 12.1 Å². The van der Waals surface area contributed by atoms with Crippen LogP contribution in [0.2, 0.25) is 0 Å². The van der Waals surface area contributed by atoms with Gasteiger partial charge in [0.25, 0.3) is 0 Å². The average molecular weight is 279 g/mol. The fourth-order valence-corrected chi connectivity index (χ4v) is 3.45. The van der Waals surface area contributed by atoms with E-state index in [0.29, 0.717) is 5.92 Å². The number of methoxy groups -OCH3 is 1. The molecule has 0 amide bonds. The average Bonchev–Trinajstić information content (AvgIpc) is 2.82. The number of aryl methyl sites for hydroxylation is 1. The van der Waals surface area contributed by atoms with Crippen LogP contribution in [0.5, 0.6) is 5.75 Å². The number of nitrogens with two attached hydrogens (primary N) is 1. The molecule has 114 valence electrons. The lowest BCUT2D eigenvalue weighted by molar-refractivity contribution is 0.223. The highest BCUT2D eigenvalue weighted by Crippen LogP contribution is 2.41. The summed E-state index contributed by atoms with van der Waals surface area (Å²) in [7, 11) is 1.73. The number of nitrogens with zero attached hydrogens (tertiary/aromatic N) is 2. The van der Waals surface area contributed by atoms with E-state index in [-0.39, 0.29) is 6.04 Å². The first-order chi connectivity index (χ1) is 9.58. The zero-order chi connectivity index (χ0) is 14.7. The highest BCUT2D eigenvalue weighted by atomic mass is 16.5. The van der Waals surface area contributed by atoms with Crippen molar-refractivity contribution in [3.05, 3.63) is 11.9 Å². The zero-order valence-corrected chi connectivity index (χ0v) is 13.3. The third-order valence-corrected chi connectivity index (χ3v) is 4.74. The number of hydrogen-bond acceptors (Lipinski definition) is 3. The van der Waals surface area contributed by atoms with Crippen molar-refractivity contribution in [2.45, 2.75) is 65.0 Å². The van der Waals surface area contributed by atoms with E-state index in [1.807, 2.05) is 6.20 Å². The molecular formula is C16H29N3O. The summed E-state index contributed by atoms with van der Waals surface area (Å²) < 4.78 is 7.63. The van der Waals surface area contributed by atoms with E-state index in [0.717, 1.165) is 43.4 Å². The van der Waals surface area contributed by atoms with Crippen LogP contribution in [-0.4, -0.2) is 22.9 Å². The monoisotopic (exact) mass is 279 g/mol. The summed E-state index contributed by atoms with van der Waals surface area (Å²) >= 11 is 0. The third-order valence-electron chi connectivity index (χ3n) is 4.74. The van der Waals surface area contributed by atoms with Crippen molar-refractivity contribution in [3.8, 4) is 5.75 Å². The highest BCUT2D eigenvalue weighted by Gasteiger charge is 2.34. The van der Waals surface area contributed by atoms with E-state index >= 15 is 0 Å². The van der Waals surface area contributed by atoms with Crippen molar-refractivity contribution in [2.24, 2.45) is 17.6 Å². The van der Waals surface area contributed by atoms with Gasteiger partial charge in [0.2, 0.25) is 0 Å².